The van der Waals surface area contributed by atoms with Gasteiger partial charge in [-0.1, -0.05) is 82.2 Å². The Labute approximate surface area is 163 Å². The number of hydrogen-bond acceptors (Lipinski definition) is 4. The largest absolute Gasteiger partial charge is 0.469 e. The van der Waals surface area contributed by atoms with Crippen LogP contribution in [0.15, 0.2) is 30.3 Å². The molecule has 0 fully saturated rings. The number of benzene rings is 1. The predicted molar refractivity (Wildman–Crippen MR) is 107 cm³/mol. The minimum absolute atomic E-state index is 0.184. The first-order valence-electron chi connectivity index (χ1n) is 10.1. The summed E-state index contributed by atoms with van der Waals surface area (Å²) in [6.07, 6.45) is 8.63. The van der Waals surface area contributed by atoms with E-state index in [-0.39, 0.29) is 24.3 Å². The van der Waals surface area contributed by atoms with Gasteiger partial charge >= 0.3 is 5.97 Å². The molecule has 1 aromatic rings. The summed E-state index contributed by atoms with van der Waals surface area (Å²) in [4.78, 5) is 24.4. The molecule has 0 radical (unpaired) electrons. The first kappa shape index (κ1) is 23.2. The number of nitrogens with one attached hydrogen (secondary N) is 1. The summed E-state index contributed by atoms with van der Waals surface area (Å²) >= 11 is 0. The molecule has 1 rings (SSSR count). The third kappa shape index (κ3) is 9.57. The van der Waals surface area contributed by atoms with Gasteiger partial charge in [0.05, 0.1) is 13.5 Å². The van der Waals surface area contributed by atoms with Crippen molar-refractivity contribution in [3.05, 3.63) is 35.9 Å². The summed E-state index contributed by atoms with van der Waals surface area (Å²) in [5, 5.41) is 2.98. The molecule has 0 unspecified atom stereocenters. The zero-order valence-corrected chi connectivity index (χ0v) is 17.0. The molecule has 0 saturated carbocycles. The number of carbonyl (C=O) groups excluding carboxylic acids is 2. The molecule has 2 atom stereocenters. The molecule has 0 aromatic heterocycles. The van der Waals surface area contributed by atoms with Crippen molar-refractivity contribution < 1.29 is 19.1 Å². The van der Waals surface area contributed by atoms with Crippen LogP contribution in [0.1, 0.15) is 76.4 Å². The molecule has 0 saturated heterocycles. The number of ether oxygens (including phenoxy) is 2. The fourth-order valence-electron chi connectivity index (χ4n) is 3.16. The number of unbranched alkanes of at least 4 members (excludes halogenated alkanes) is 6. The zero-order valence-electron chi connectivity index (χ0n) is 17.0. The molecule has 152 valence electrons. The van der Waals surface area contributed by atoms with Crippen molar-refractivity contribution in [3.63, 3.8) is 0 Å². The maximum absolute atomic E-state index is 12.7. The minimum Gasteiger partial charge on any atom is -0.469 e. The number of rotatable bonds is 14. The Morgan fingerprint density at radius 2 is 1.59 bits per heavy atom. The highest BCUT2D eigenvalue weighted by atomic mass is 16.5. The van der Waals surface area contributed by atoms with Crippen molar-refractivity contribution in [1.29, 1.82) is 0 Å². The van der Waals surface area contributed by atoms with Gasteiger partial charge in [0, 0.05) is 13.2 Å². The van der Waals surface area contributed by atoms with Crippen LogP contribution in [0.3, 0.4) is 0 Å². The lowest BCUT2D eigenvalue weighted by Gasteiger charge is -2.22. The highest BCUT2D eigenvalue weighted by molar-refractivity contribution is 5.83. The zero-order chi connectivity index (χ0) is 19.9. The lowest BCUT2D eigenvalue weighted by molar-refractivity contribution is -0.141. The van der Waals surface area contributed by atoms with E-state index in [0.29, 0.717) is 0 Å². The maximum Gasteiger partial charge on any atom is 0.307 e. The monoisotopic (exact) mass is 377 g/mol. The first-order chi connectivity index (χ1) is 13.1. The van der Waals surface area contributed by atoms with E-state index in [1.54, 1.807) is 0 Å². The topological polar surface area (TPSA) is 64.6 Å². The average Bonchev–Trinajstić information content (AvgIpc) is 2.68. The molecule has 0 aliphatic rings. The molecule has 0 heterocycles. The number of carbonyl (C=O) groups is 2. The van der Waals surface area contributed by atoms with E-state index < -0.39 is 6.10 Å². The van der Waals surface area contributed by atoms with Crippen LogP contribution in [0.25, 0.3) is 0 Å². The van der Waals surface area contributed by atoms with Gasteiger partial charge in [-0.3, -0.25) is 9.59 Å². The quantitative estimate of drug-likeness (QED) is 0.381. The second kappa shape index (κ2) is 14.2. The lowest BCUT2D eigenvalue weighted by Crippen LogP contribution is -2.40. The van der Waals surface area contributed by atoms with Crippen LogP contribution in [0.2, 0.25) is 0 Å². The highest BCUT2D eigenvalue weighted by Crippen LogP contribution is 2.18. The second-order valence-corrected chi connectivity index (χ2v) is 6.92. The van der Waals surface area contributed by atoms with Gasteiger partial charge in [-0.15, -0.1) is 0 Å². The number of hydrogen-bond donors (Lipinski definition) is 1. The fourth-order valence-corrected chi connectivity index (χ4v) is 3.16. The molecule has 5 heteroatoms. The standard InChI is InChI=1S/C22H35NO4/c1-4-5-6-7-8-9-13-16-19(17-20(24)26-2)23-22(25)21(27-3)18-14-11-10-12-15-18/h10-12,14-15,19,21H,4-9,13,16-17H2,1-3H3,(H,23,25)/t19-,21-/m1/s1. The van der Waals surface area contributed by atoms with Crippen LogP contribution < -0.4 is 5.32 Å². The molecule has 1 N–H and O–H groups in total. The number of amides is 1. The van der Waals surface area contributed by atoms with E-state index in [1.165, 1.54) is 46.3 Å². The van der Waals surface area contributed by atoms with E-state index in [2.05, 4.69) is 12.2 Å². The molecule has 0 spiro atoms. The van der Waals surface area contributed by atoms with Crippen molar-refractivity contribution >= 4 is 11.9 Å². The molecule has 5 nitrogen and oxygen atoms in total. The van der Waals surface area contributed by atoms with E-state index >= 15 is 0 Å². The van der Waals surface area contributed by atoms with Gasteiger partial charge in [0.2, 0.25) is 0 Å². The summed E-state index contributed by atoms with van der Waals surface area (Å²) in [6, 6.07) is 9.13. The molecule has 0 bridgehead atoms. The van der Waals surface area contributed by atoms with E-state index in [1.807, 2.05) is 30.3 Å². The summed E-state index contributed by atoms with van der Waals surface area (Å²) in [7, 11) is 2.89. The Morgan fingerprint density at radius 3 is 2.19 bits per heavy atom. The minimum atomic E-state index is -0.680. The Kier molecular flexibility index (Phi) is 12.2. The van der Waals surface area contributed by atoms with Gasteiger partial charge in [-0.05, 0) is 12.0 Å². The van der Waals surface area contributed by atoms with Crippen molar-refractivity contribution in [2.24, 2.45) is 0 Å². The van der Waals surface area contributed by atoms with Gasteiger partial charge in [0.15, 0.2) is 6.10 Å². The van der Waals surface area contributed by atoms with Gasteiger partial charge in [0.25, 0.3) is 5.91 Å². The van der Waals surface area contributed by atoms with Gasteiger partial charge < -0.3 is 14.8 Å². The average molecular weight is 378 g/mol. The van der Waals surface area contributed by atoms with Crippen molar-refractivity contribution in [2.45, 2.75) is 76.9 Å². The maximum atomic E-state index is 12.7. The van der Waals surface area contributed by atoms with Gasteiger partial charge in [-0.2, -0.15) is 0 Å². The third-order valence-electron chi connectivity index (χ3n) is 4.72. The Balaban J connectivity index is 2.54. The van der Waals surface area contributed by atoms with Crippen LogP contribution in [0.5, 0.6) is 0 Å². The van der Waals surface area contributed by atoms with Crippen molar-refractivity contribution in [2.75, 3.05) is 14.2 Å². The highest BCUT2D eigenvalue weighted by Gasteiger charge is 2.24. The molecular formula is C22H35NO4. The molecule has 1 amide bonds. The summed E-state index contributed by atoms with van der Waals surface area (Å²) in [6.45, 7) is 2.21. The Morgan fingerprint density at radius 1 is 0.963 bits per heavy atom. The summed E-state index contributed by atoms with van der Waals surface area (Å²) in [5.41, 5.74) is 0.797. The van der Waals surface area contributed by atoms with E-state index in [4.69, 9.17) is 9.47 Å². The fraction of sp³-hybridized carbons (Fsp3) is 0.636. The lowest BCUT2D eigenvalue weighted by atomic mass is 10.0. The molecular weight excluding hydrogens is 342 g/mol. The molecule has 0 aliphatic carbocycles. The van der Waals surface area contributed by atoms with Crippen LogP contribution >= 0.6 is 0 Å². The number of esters is 1. The number of methoxy groups -OCH3 is 2. The molecule has 27 heavy (non-hydrogen) atoms. The van der Waals surface area contributed by atoms with Crippen molar-refractivity contribution in [3.8, 4) is 0 Å². The van der Waals surface area contributed by atoms with Gasteiger partial charge in [-0.25, -0.2) is 0 Å². The normalized spacial score (nSPS) is 13.0. The van der Waals surface area contributed by atoms with Crippen LogP contribution in [0, 0.1) is 0 Å². The van der Waals surface area contributed by atoms with Gasteiger partial charge in [0.1, 0.15) is 0 Å². The SMILES string of the molecule is CCCCCCCCC[C@H](CC(=O)OC)NC(=O)[C@H](OC)c1ccccc1. The summed E-state index contributed by atoms with van der Waals surface area (Å²) < 4.78 is 10.2. The second-order valence-electron chi connectivity index (χ2n) is 6.92. The Bertz CT molecular complexity index is 532. The van der Waals surface area contributed by atoms with E-state index in [9.17, 15) is 9.59 Å². The van der Waals surface area contributed by atoms with Crippen LogP contribution in [-0.4, -0.2) is 32.1 Å². The van der Waals surface area contributed by atoms with Crippen LogP contribution in [0.4, 0.5) is 0 Å². The smallest absolute Gasteiger partial charge is 0.307 e. The predicted octanol–water partition coefficient (Wildman–Crippen LogP) is 4.56. The molecule has 1 aromatic carbocycles. The van der Waals surface area contributed by atoms with Crippen LogP contribution in [-0.2, 0) is 19.1 Å². The van der Waals surface area contributed by atoms with E-state index in [0.717, 1.165) is 24.8 Å². The molecule has 0 aliphatic heterocycles. The summed E-state index contributed by atoms with van der Waals surface area (Å²) in [5.74, 6) is -0.530. The Hall–Kier alpha value is -1.88. The van der Waals surface area contributed by atoms with Crippen molar-refractivity contribution in [1.82, 2.24) is 5.32 Å². The first-order valence-corrected chi connectivity index (χ1v) is 10.1. The third-order valence-corrected chi connectivity index (χ3v) is 4.72.